The second kappa shape index (κ2) is 7.41. The molecule has 116 valence electrons. The van der Waals surface area contributed by atoms with Gasteiger partial charge in [0.2, 0.25) is 10.0 Å². The zero-order valence-corrected chi connectivity index (χ0v) is 14.2. The highest BCUT2D eigenvalue weighted by molar-refractivity contribution is 7.89. The average Bonchev–Trinajstić information content (AvgIpc) is 2.39. The van der Waals surface area contributed by atoms with E-state index in [2.05, 4.69) is 4.72 Å². The third-order valence-electron chi connectivity index (χ3n) is 3.81. The van der Waals surface area contributed by atoms with Crippen LogP contribution in [0.5, 0.6) is 0 Å². The Hall–Kier alpha value is -0.620. The summed E-state index contributed by atoms with van der Waals surface area (Å²) in [4.78, 5) is 0.296. The van der Waals surface area contributed by atoms with Gasteiger partial charge in [-0.05, 0) is 49.9 Å². The van der Waals surface area contributed by atoms with Gasteiger partial charge in [-0.15, -0.1) is 12.4 Å². The molecule has 0 atom stereocenters. The predicted molar refractivity (Wildman–Crippen MR) is 85.9 cm³/mol. The van der Waals surface area contributed by atoms with Crippen molar-refractivity contribution in [3.05, 3.63) is 29.3 Å². The van der Waals surface area contributed by atoms with Gasteiger partial charge in [0.25, 0.3) is 0 Å². The van der Waals surface area contributed by atoms with Crippen molar-refractivity contribution in [1.82, 2.24) is 4.72 Å². The molecule has 0 fully saturated rings. The number of nitrogens with one attached hydrogen (secondary N) is 1. The van der Waals surface area contributed by atoms with Crippen molar-refractivity contribution in [2.75, 3.05) is 6.54 Å². The number of hydrogen-bond acceptors (Lipinski definition) is 3. The standard InChI is InChI=1S/C14H24N2O2S.ClH/c1-5-14(15,6-2)10-16-19(17,18)13-8-7-11(3)12(4)9-13;/h7-9,16H,5-6,10,15H2,1-4H3;1H. The van der Waals surface area contributed by atoms with Crippen molar-refractivity contribution in [2.45, 2.75) is 51.0 Å². The number of halogens is 1. The molecule has 4 nitrogen and oxygen atoms in total. The van der Waals surface area contributed by atoms with Crippen molar-refractivity contribution < 1.29 is 8.42 Å². The first-order valence-electron chi connectivity index (χ1n) is 6.60. The van der Waals surface area contributed by atoms with Crippen LogP contribution in [0.2, 0.25) is 0 Å². The minimum atomic E-state index is -3.48. The highest BCUT2D eigenvalue weighted by Crippen LogP contribution is 2.16. The first-order chi connectivity index (χ1) is 8.74. The third kappa shape index (κ3) is 4.74. The van der Waals surface area contributed by atoms with Gasteiger partial charge in [0, 0.05) is 12.1 Å². The van der Waals surface area contributed by atoms with E-state index in [-0.39, 0.29) is 19.0 Å². The molecule has 0 radical (unpaired) electrons. The Morgan fingerprint density at radius 2 is 1.70 bits per heavy atom. The molecular formula is C14H25ClN2O2S. The van der Waals surface area contributed by atoms with Gasteiger partial charge in [-0.2, -0.15) is 0 Å². The molecule has 0 aliphatic carbocycles. The molecule has 0 saturated heterocycles. The molecule has 0 aromatic heterocycles. The monoisotopic (exact) mass is 320 g/mol. The molecule has 0 spiro atoms. The van der Waals surface area contributed by atoms with Gasteiger partial charge in [-0.1, -0.05) is 19.9 Å². The summed E-state index contributed by atoms with van der Waals surface area (Å²) >= 11 is 0. The Balaban J connectivity index is 0.00000361. The Bertz CT molecular complexity index is 540. The first kappa shape index (κ1) is 19.4. The zero-order chi connectivity index (χ0) is 14.7. The van der Waals surface area contributed by atoms with E-state index in [0.717, 1.165) is 24.0 Å². The highest BCUT2D eigenvalue weighted by Gasteiger charge is 2.24. The lowest BCUT2D eigenvalue weighted by atomic mass is 9.95. The van der Waals surface area contributed by atoms with Gasteiger partial charge in [0.1, 0.15) is 0 Å². The summed E-state index contributed by atoms with van der Waals surface area (Å²) in [5, 5.41) is 0. The van der Waals surface area contributed by atoms with Gasteiger partial charge in [-0.25, -0.2) is 13.1 Å². The molecule has 0 saturated carbocycles. The normalized spacial score (nSPS) is 12.1. The number of benzene rings is 1. The van der Waals surface area contributed by atoms with E-state index in [4.69, 9.17) is 5.73 Å². The molecule has 20 heavy (non-hydrogen) atoms. The van der Waals surface area contributed by atoms with Crippen molar-refractivity contribution in [3.8, 4) is 0 Å². The molecule has 1 aromatic carbocycles. The van der Waals surface area contributed by atoms with Crippen LogP contribution >= 0.6 is 12.4 Å². The van der Waals surface area contributed by atoms with Gasteiger partial charge in [-0.3, -0.25) is 0 Å². The Kier molecular flexibility index (Phi) is 7.18. The second-order valence-electron chi connectivity index (χ2n) is 5.14. The third-order valence-corrected chi connectivity index (χ3v) is 5.21. The van der Waals surface area contributed by atoms with Crippen molar-refractivity contribution in [1.29, 1.82) is 0 Å². The maximum absolute atomic E-state index is 12.2. The van der Waals surface area contributed by atoms with E-state index in [9.17, 15) is 8.42 Å². The molecule has 3 N–H and O–H groups in total. The van der Waals surface area contributed by atoms with E-state index < -0.39 is 15.6 Å². The lowest BCUT2D eigenvalue weighted by molar-refractivity contribution is 0.392. The van der Waals surface area contributed by atoms with E-state index in [0.29, 0.717) is 4.90 Å². The van der Waals surface area contributed by atoms with Crippen LogP contribution in [0, 0.1) is 13.8 Å². The molecule has 0 unspecified atom stereocenters. The van der Waals surface area contributed by atoms with Crippen LogP contribution in [0.4, 0.5) is 0 Å². The summed E-state index contributed by atoms with van der Waals surface area (Å²) in [6.07, 6.45) is 1.47. The second-order valence-corrected chi connectivity index (χ2v) is 6.91. The SMILES string of the molecule is CCC(N)(CC)CNS(=O)(=O)c1ccc(C)c(C)c1.Cl. The molecule has 0 bridgehead atoms. The van der Waals surface area contributed by atoms with Crippen molar-refractivity contribution in [3.63, 3.8) is 0 Å². The van der Waals surface area contributed by atoms with Gasteiger partial charge in [0.15, 0.2) is 0 Å². The van der Waals surface area contributed by atoms with Crippen LogP contribution in [-0.4, -0.2) is 20.5 Å². The summed E-state index contributed by atoms with van der Waals surface area (Å²) in [5.74, 6) is 0. The van der Waals surface area contributed by atoms with E-state index >= 15 is 0 Å². The smallest absolute Gasteiger partial charge is 0.240 e. The van der Waals surface area contributed by atoms with Crippen LogP contribution in [0.3, 0.4) is 0 Å². The van der Waals surface area contributed by atoms with Crippen LogP contribution < -0.4 is 10.5 Å². The summed E-state index contributed by atoms with van der Waals surface area (Å²) in [7, 11) is -3.48. The number of aryl methyl sites for hydroxylation is 2. The minimum absolute atomic E-state index is 0. The summed E-state index contributed by atoms with van der Waals surface area (Å²) < 4.78 is 27.0. The number of rotatable bonds is 6. The number of hydrogen-bond donors (Lipinski definition) is 2. The molecule has 1 aromatic rings. The largest absolute Gasteiger partial charge is 0.324 e. The molecular weight excluding hydrogens is 296 g/mol. The topological polar surface area (TPSA) is 72.2 Å². The van der Waals surface area contributed by atoms with Crippen molar-refractivity contribution in [2.24, 2.45) is 5.73 Å². The Labute approximate surface area is 128 Å². The fraction of sp³-hybridized carbons (Fsp3) is 0.571. The van der Waals surface area contributed by atoms with Crippen LogP contribution in [0.15, 0.2) is 23.1 Å². The molecule has 1 rings (SSSR count). The van der Waals surface area contributed by atoms with Gasteiger partial charge < -0.3 is 5.73 Å². The summed E-state index contributed by atoms with van der Waals surface area (Å²) in [6, 6.07) is 5.13. The Morgan fingerprint density at radius 1 is 1.15 bits per heavy atom. The van der Waals surface area contributed by atoms with Crippen LogP contribution in [0.1, 0.15) is 37.8 Å². The van der Waals surface area contributed by atoms with Crippen LogP contribution in [0.25, 0.3) is 0 Å². The van der Waals surface area contributed by atoms with E-state index in [1.54, 1.807) is 12.1 Å². The van der Waals surface area contributed by atoms with Gasteiger partial charge >= 0.3 is 0 Å². The maximum Gasteiger partial charge on any atom is 0.240 e. The minimum Gasteiger partial charge on any atom is -0.324 e. The van der Waals surface area contributed by atoms with E-state index in [1.807, 2.05) is 33.8 Å². The summed E-state index contributed by atoms with van der Waals surface area (Å²) in [5.41, 5.74) is 7.67. The molecule has 0 amide bonds. The lowest BCUT2D eigenvalue weighted by Crippen LogP contribution is -2.49. The number of nitrogens with two attached hydrogens (primary N) is 1. The number of sulfonamides is 1. The maximum atomic E-state index is 12.2. The molecule has 0 heterocycles. The fourth-order valence-corrected chi connectivity index (χ4v) is 2.93. The van der Waals surface area contributed by atoms with Crippen LogP contribution in [-0.2, 0) is 10.0 Å². The van der Waals surface area contributed by atoms with E-state index in [1.165, 1.54) is 0 Å². The predicted octanol–water partition coefficient (Wildman–Crippen LogP) is 2.52. The quantitative estimate of drug-likeness (QED) is 0.846. The van der Waals surface area contributed by atoms with Crippen molar-refractivity contribution >= 4 is 22.4 Å². The van der Waals surface area contributed by atoms with Gasteiger partial charge in [0.05, 0.1) is 4.90 Å². The Morgan fingerprint density at radius 3 is 2.15 bits per heavy atom. The molecule has 6 heteroatoms. The molecule has 0 aliphatic rings. The summed E-state index contributed by atoms with van der Waals surface area (Å²) in [6.45, 7) is 8.05. The first-order valence-corrected chi connectivity index (χ1v) is 8.08. The average molecular weight is 321 g/mol. The molecule has 0 aliphatic heterocycles. The lowest BCUT2D eigenvalue weighted by Gasteiger charge is -2.26. The zero-order valence-electron chi connectivity index (χ0n) is 12.6. The highest BCUT2D eigenvalue weighted by atomic mass is 35.5. The fourth-order valence-electron chi connectivity index (χ4n) is 1.70.